The number of amides is 1. The maximum absolute atomic E-state index is 12.0. The van der Waals surface area contributed by atoms with Crippen LogP contribution in [-0.2, 0) is 4.79 Å². The second-order valence-electron chi connectivity index (χ2n) is 5.26. The van der Waals surface area contributed by atoms with E-state index >= 15 is 0 Å². The molecule has 2 rings (SSSR count). The van der Waals surface area contributed by atoms with Gasteiger partial charge >= 0.3 is 0 Å². The van der Waals surface area contributed by atoms with E-state index in [0.29, 0.717) is 0 Å². The maximum atomic E-state index is 12.0. The molecule has 3 N–H and O–H groups in total. The summed E-state index contributed by atoms with van der Waals surface area (Å²) in [5, 5.41) is 2.89. The van der Waals surface area contributed by atoms with Gasteiger partial charge in [-0.1, -0.05) is 24.3 Å². The highest BCUT2D eigenvalue weighted by molar-refractivity contribution is 6.02. The Morgan fingerprint density at radius 2 is 1.76 bits per heavy atom. The van der Waals surface area contributed by atoms with Crippen molar-refractivity contribution in [2.24, 2.45) is 0 Å². The molecule has 0 aliphatic rings. The lowest BCUT2D eigenvalue weighted by molar-refractivity contribution is -0.111. The molecule has 0 fully saturated rings. The second kappa shape index (κ2) is 6.27. The molecule has 0 saturated heterocycles. The Labute approximate surface area is 125 Å². The first kappa shape index (κ1) is 14.9. The van der Waals surface area contributed by atoms with Crippen LogP contribution in [0.15, 0.2) is 42.5 Å². The molecule has 21 heavy (non-hydrogen) atoms. The Bertz CT molecular complexity index is 702. The first-order valence-electron chi connectivity index (χ1n) is 6.88. The third-order valence-electron chi connectivity index (χ3n) is 3.38. The molecule has 0 bridgehead atoms. The summed E-state index contributed by atoms with van der Waals surface area (Å²) in [5.41, 5.74) is 11.5. The molecule has 0 aliphatic heterocycles. The third-order valence-corrected chi connectivity index (χ3v) is 3.38. The highest BCUT2D eigenvalue weighted by atomic mass is 16.1. The van der Waals surface area contributed by atoms with E-state index in [1.165, 1.54) is 6.08 Å². The van der Waals surface area contributed by atoms with Crippen molar-refractivity contribution in [3.05, 3.63) is 64.7 Å². The van der Waals surface area contributed by atoms with E-state index in [9.17, 15) is 4.79 Å². The van der Waals surface area contributed by atoms with Crippen LogP contribution in [0.5, 0.6) is 0 Å². The van der Waals surface area contributed by atoms with Gasteiger partial charge in [0.1, 0.15) is 0 Å². The van der Waals surface area contributed by atoms with Crippen LogP contribution < -0.4 is 11.1 Å². The van der Waals surface area contributed by atoms with Gasteiger partial charge in [0.2, 0.25) is 5.91 Å². The fourth-order valence-corrected chi connectivity index (χ4v) is 1.98. The summed E-state index contributed by atoms with van der Waals surface area (Å²) < 4.78 is 0. The zero-order chi connectivity index (χ0) is 15.4. The van der Waals surface area contributed by atoms with Gasteiger partial charge in [-0.05, 0) is 61.2 Å². The largest absolute Gasteiger partial charge is 0.398 e. The first-order chi connectivity index (χ1) is 9.95. The van der Waals surface area contributed by atoms with Crippen LogP contribution in [0.4, 0.5) is 11.4 Å². The van der Waals surface area contributed by atoms with E-state index < -0.39 is 0 Å². The molecule has 0 aliphatic carbocycles. The van der Waals surface area contributed by atoms with Crippen LogP contribution >= 0.6 is 0 Å². The SMILES string of the molecule is Cc1ccc(C)c(NC(=O)/C=C/c2ccc(C)c(N)c2)c1. The molecule has 0 unspecified atom stereocenters. The molecule has 2 aromatic rings. The van der Waals surface area contributed by atoms with Crippen molar-refractivity contribution in [1.82, 2.24) is 0 Å². The minimum Gasteiger partial charge on any atom is -0.398 e. The fraction of sp³-hybridized carbons (Fsp3) is 0.167. The lowest BCUT2D eigenvalue weighted by Crippen LogP contribution is -2.09. The van der Waals surface area contributed by atoms with Crippen molar-refractivity contribution in [3.63, 3.8) is 0 Å². The Balaban J connectivity index is 2.09. The number of aryl methyl sites for hydroxylation is 3. The minimum absolute atomic E-state index is 0.150. The summed E-state index contributed by atoms with van der Waals surface area (Å²) in [5.74, 6) is -0.150. The lowest BCUT2D eigenvalue weighted by atomic mass is 10.1. The fourth-order valence-electron chi connectivity index (χ4n) is 1.98. The number of carbonyl (C=O) groups excluding carboxylic acids is 1. The number of carbonyl (C=O) groups is 1. The monoisotopic (exact) mass is 280 g/mol. The predicted molar refractivity (Wildman–Crippen MR) is 89.2 cm³/mol. The number of rotatable bonds is 3. The summed E-state index contributed by atoms with van der Waals surface area (Å²) in [6.45, 7) is 5.93. The Hall–Kier alpha value is -2.55. The number of benzene rings is 2. The van der Waals surface area contributed by atoms with Gasteiger partial charge in [-0.3, -0.25) is 4.79 Å². The average Bonchev–Trinajstić information content (AvgIpc) is 2.44. The van der Waals surface area contributed by atoms with Crippen molar-refractivity contribution in [3.8, 4) is 0 Å². The van der Waals surface area contributed by atoms with Gasteiger partial charge in [-0.15, -0.1) is 0 Å². The van der Waals surface area contributed by atoms with Gasteiger partial charge in [-0.25, -0.2) is 0 Å². The molecule has 0 heterocycles. The van der Waals surface area contributed by atoms with Crippen molar-refractivity contribution < 1.29 is 4.79 Å². The second-order valence-corrected chi connectivity index (χ2v) is 5.26. The number of hydrogen-bond acceptors (Lipinski definition) is 2. The van der Waals surface area contributed by atoms with Crippen LogP contribution in [0, 0.1) is 20.8 Å². The van der Waals surface area contributed by atoms with E-state index in [-0.39, 0.29) is 5.91 Å². The molecule has 3 heteroatoms. The average molecular weight is 280 g/mol. The Kier molecular flexibility index (Phi) is 4.43. The van der Waals surface area contributed by atoms with Crippen LogP contribution in [0.2, 0.25) is 0 Å². The molecular weight excluding hydrogens is 260 g/mol. The number of nitrogens with two attached hydrogens (primary N) is 1. The normalized spacial score (nSPS) is 10.8. The summed E-state index contributed by atoms with van der Waals surface area (Å²) in [7, 11) is 0. The number of nitrogens with one attached hydrogen (secondary N) is 1. The molecule has 3 nitrogen and oxygen atoms in total. The minimum atomic E-state index is -0.150. The van der Waals surface area contributed by atoms with Gasteiger partial charge < -0.3 is 11.1 Å². The smallest absolute Gasteiger partial charge is 0.248 e. The van der Waals surface area contributed by atoms with Gasteiger partial charge in [-0.2, -0.15) is 0 Å². The predicted octanol–water partition coefficient (Wildman–Crippen LogP) is 3.85. The van der Waals surface area contributed by atoms with E-state index in [1.807, 2.05) is 57.2 Å². The molecule has 0 atom stereocenters. The van der Waals surface area contributed by atoms with Crippen LogP contribution in [0.1, 0.15) is 22.3 Å². The summed E-state index contributed by atoms with van der Waals surface area (Å²) >= 11 is 0. The topological polar surface area (TPSA) is 55.1 Å². The molecule has 0 spiro atoms. The number of anilines is 2. The third kappa shape index (κ3) is 3.96. The molecule has 0 aromatic heterocycles. The van der Waals surface area contributed by atoms with Crippen molar-refractivity contribution in [2.45, 2.75) is 20.8 Å². The van der Waals surface area contributed by atoms with Crippen LogP contribution in [0.25, 0.3) is 6.08 Å². The molecule has 0 saturated carbocycles. The van der Waals surface area contributed by atoms with E-state index in [4.69, 9.17) is 5.73 Å². The van der Waals surface area contributed by atoms with Gasteiger partial charge in [0.15, 0.2) is 0 Å². The van der Waals surface area contributed by atoms with Gasteiger partial charge in [0.05, 0.1) is 0 Å². The zero-order valence-electron chi connectivity index (χ0n) is 12.6. The van der Waals surface area contributed by atoms with Gasteiger partial charge in [0.25, 0.3) is 0 Å². The van der Waals surface area contributed by atoms with E-state index in [1.54, 1.807) is 6.08 Å². The first-order valence-corrected chi connectivity index (χ1v) is 6.88. The van der Waals surface area contributed by atoms with E-state index in [0.717, 1.165) is 33.6 Å². The summed E-state index contributed by atoms with van der Waals surface area (Å²) in [6.07, 6.45) is 3.28. The standard InChI is InChI=1S/C18H20N2O/c1-12-4-5-14(3)17(10-12)20-18(21)9-8-15-7-6-13(2)16(19)11-15/h4-11H,19H2,1-3H3,(H,20,21)/b9-8+. The molecule has 1 amide bonds. The van der Waals surface area contributed by atoms with Crippen molar-refractivity contribution in [2.75, 3.05) is 11.1 Å². The van der Waals surface area contributed by atoms with Crippen LogP contribution in [0.3, 0.4) is 0 Å². The van der Waals surface area contributed by atoms with E-state index in [2.05, 4.69) is 5.32 Å². The maximum Gasteiger partial charge on any atom is 0.248 e. The summed E-state index contributed by atoms with van der Waals surface area (Å²) in [4.78, 5) is 12.0. The molecular formula is C18H20N2O. The Morgan fingerprint density at radius 1 is 1.05 bits per heavy atom. The molecule has 0 radical (unpaired) electrons. The lowest BCUT2D eigenvalue weighted by Gasteiger charge is -2.07. The van der Waals surface area contributed by atoms with Crippen molar-refractivity contribution >= 4 is 23.4 Å². The number of nitrogen functional groups attached to an aromatic ring is 1. The quantitative estimate of drug-likeness (QED) is 0.663. The van der Waals surface area contributed by atoms with Gasteiger partial charge in [0, 0.05) is 17.5 Å². The zero-order valence-corrected chi connectivity index (χ0v) is 12.6. The molecule has 108 valence electrons. The Morgan fingerprint density at radius 3 is 2.48 bits per heavy atom. The number of hydrogen-bond donors (Lipinski definition) is 2. The molecule has 2 aromatic carbocycles. The summed E-state index contributed by atoms with van der Waals surface area (Å²) in [6, 6.07) is 11.7. The highest BCUT2D eigenvalue weighted by Gasteiger charge is 2.02. The van der Waals surface area contributed by atoms with Crippen molar-refractivity contribution in [1.29, 1.82) is 0 Å². The highest BCUT2D eigenvalue weighted by Crippen LogP contribution is 2.17. The van der Waals surface area contributed by atoms with Crippen LogP contribution in [-0.4, -0.2) is 5.91 Å².